The van der Waals surface area contributed by atoms with Gasteiger partial charge in [-0.15, -0.1) is 0 Å². The molecule has 22 heavy (non-hydrogen) atoms. The van der Waals surface area contributed by atoms with E-state index in [1.54, 1.807) is 12.3 Å². The number of aromatic amines is 1. The third-order valence-corrected chi connectivity index (χ3v) is 4.95. The van der Waals surface area contributed by atoms with Crippen molar-refractivity contribution in [1.82, 2.24) is 9.88 Å². The van der Waals surface area contributed by atoms with Crippen LogP contribution >= 0.6 is 23.2 Å². The van der Waals surface area contributed by atoms with E-state index in [0.29, 0.717) is 15.6 Å². The second-order valence-corrected chi connectivity index (χ2v) is 6.39. The lowest BCUT2D eigenvalue weighted by atomic mass is 10.0. The molecule has 2 aromatic rings. The Balaban J connectivity index is 2.00. The number of benzene rings is 1. The van der Waals surface area contributed by atoms with Gasteiger partial charge < -0.3 is 4.98 Å². The topological polar surface area (TPSA) is 42.8 Å². The van der Waals surface area contributed by atoms with E-state index in [-0.39, 0.29) is 0 Å². The lowest BCUT2D eigenvalue weighted by Gasteiger charge is -2.26. The van der Waals surface area contributed by atoms with E-state index in [4.69, 9.17) is 23.2 Å². The first kappa shape index (κ1) is 15.4. The molecule has 1 fully saturated rings. The van der Waals surface area contributed by atoms with Crippen LogP contribution < -0.4 is 0 Å². The maximum atomic E-state index is 9.40. The minimum Gasteiger partial charge on any atom is -0.362 e. The van der Waals surface area contributed by atoms with E-state index in [0.717, 1.165) is 36.5 Å². The van der Waals surface area contributed by atoms with Crippen LogP contribution in [0.25, 0.3) is 11.1 Å². The molecule has 0 atom stereocenters. The number of aromatic nitrogens is 1. The van der Waals surface area contributed by atoms with Crippen molar-refractivity contribution >= 4 is 23.2 Å². The van der Waals surface area contributed by atoms with Crippen molar-refractivity contribution in [2.24, 2.45) is 0 Å². The molecule has 1 aromatic carbocycles. The van der Waals surface area contributed by atoms with Crippen LogP contribution in [0.5, 0.6) is 0 Å². The molecular formula is C17H17Cl2N3. The van der Waals surface area contributed by atoms with Crippen molar-refractivity contribution in [2.75, 3.05) is 13.1 Å². The molecule has 3 rings (SSSR count). The highest BCUT2D eigenvalue weighted by Gasteiger charge is 2.20. The Hall–Kier alpha value is -1.47. The Morgan fingerprint density at radius 3 is 2.68 bits per heavy atom. The fraction of sp³-hybridized carbons (Fsp3) is 0.353. The molecule has 3 nitrogen and oxygen atoms in total. The molecule has 0 amide bonds. The summed E-state index contributed by atoms with van der Waals surface area (Å²) in [7, 11) is 0. The Labute approximate surface area is 140 Å². The summed E-state index contributed by atoms with van der Waals surface area (Å²) in [6.07, 6.45) is 5.53. The minimum absolute atomic E-state index is 0.500. The van der Waals surface area contributed by atoms with Crippen molar-refractivity contribution in [3.8, 4) is 17.2 Å². The maximum Gasteiger partial charge on any atom is 0.101 e. The number of rotatable bonds is 3. The monoisotopic (exact) mass is 333 g/mol. The first-order valence-corrected chi connectivity index (χ1v) is 8.23. The Morgan fingerprint density at radius 1 is 1.18 bits per heavy atom. The second-order valence-electron chi connectivity index (χ2n) is 5.61. The summed E-state index contributed by atoms with van der Waals surface area (Å²) in [5.41, 5.74) is 3.33. The van der Waals surface area contributed by atoms with Crippen LogP contribution in [-0.2, 0) is 6.54 Å². The van der Waals surface area contributed by atoms with E-state index < -0.39 is 0 Å². The number of H-pyrrole nitrogens is 1. The molecule has 1 N–H and O–H groups in total. The number of hydrogen-bond acceptors (Lipinski definition) is 2. The summed E-state index contributed by atoms with van der Waals surface area (Å²) in [5, 5.41) is 10.4. The Bertz CT molecular complexity index is 709. The number of hydrogen-bond donors (Lipinski definition) is 1. The molecule has 0 radical (unpaired) electrons. The molecule has 1 aliphatic heterocycles. The van der Waals surface area contributed by atoms with Crippen LogP contribution in [-0.4, -0.2) is 23.0 Å². The first-order valence-electron chi connectivity index (χ1n) is 7.48. The van der Waals surface area contributed by atoms with Gasteiger partial charge in [-0.05, 0) is 32.0 Å². The Kier molecular flexibility index (Phi) is 4.73. The SMILES string of the molecule is N#Cc1c[nH]c(CN2CCCCC2)c1-c1cccc(Cl)c1Cl. The molecule has 5 heteroatoms. The van der Waals surface area contributed by atoms with Gasteiger partial charge in [-0.1, -0.05) is 41.8 Å². The predicted octanol–water partition coefficient (Wildman–Crippen LogP) is 4.85. The van der Waals surface area contributed by atoms with E-state index in [2.05, 4.69) is 16.0 Å². The zero-order chi connectivity index (χ0) is 15.5. The van der Waals surface area contributed by atoms with Gasteiger partial charge >= 0.3 is 0 Å². The zero-order valence-electron chi connectivity index (χ0n) is 12.2. The highest BCUT2D eigenvalue weighted by molar-refractivity contribution is 6.43. The van der Waals surface area contributed by atoms with Crippen molar-refractivity contribution in [2.45, 2.75) is 25.8 Å². The highest BCUT2D eigenvalue weighted by Crippen LogP contribution is 2.37. The quantitative estimate of drug-likeness (QED) is 0.872. The minimum atomic E-state index is 0.500. The lowest BCUT2D eigenvalue weighted by molar-refractivity contribution is 0.219. The number of piperidine rings is 1. The molecule has 1 aliphatic rings. The average Bonchev–Trinajstić information content (AvgIpc) is 2.93. The number of nitrogens with zero attached hydrogens (tertiary/aromatic N) is 2. The van der Waals surface area contributed by atoms with Gasteiger partial charge in [0, 0.05) is 29.6 Å². The molecule has 0 saturated carbocycles. The Morgan fingerprint density at radius 2 is 1.95 bits per heavy atom. The van der Waals surface area contributed by atoms with Gasteiger partial charge in [-0.3, -0.25) is 4.90 Å². The van der Waals surface area contributed by atoms with Crippen LogP contribution in [0.3, 0.4) is 0 Å². The molecular weight excluding hydrogens is 317 g/mol. The summed E-state index contributed by atoms with van der Waals surface area (Å²) in [6, 6.07) is 7.79. The van der Waals surface area contributed by atoms with Gasteiger partial charge in [0.25, 0.3) is 0 Å². The molecule has 2 heterocycles. The van der Waals surface area contributed by atoms with Gasteiger partial charge in [0.15, 0.2) is 0 Å². The van der Waals surface area contributed by atoms with Crippen LogP contribution in [0, 0.1) is 11.3 Å². The molecule has 0 aliphatic carbocycles. The van der Waals surface area contributed by atoms with Gasteiger partial charge in [-0.2, -0.15) is 5.26 Å². The average molecular weight is 334 g/mol. The van der Waals surface area contributed by atoms with E-state index in [1.807, 2.05) is 12.1 Å². The smallest absolute Gasteiger partial charge is 0.101 e. The van der Waals surface area contributed by atoms with Gasteiger partial charge in [-0.25, -0.2) is 0 Å². The third kappa shape index (κ3) is 3.01. The van der Waals surface area contributed by atoms with Crippen LogP contribution in [0.1, 0.15) is 30.5 Å². The molecule has 0 spiro atoms. The van der Waals surface area contributed by atoms with E-state index in [1.165, 1.54) is 19.3 Å². The van der Waals surface area contributed by atoms with Gasteiger partial charge in [0.05, 0.1) is 15.6 Å². The van der Waals surface area contributed by atoms with E-state index >= 15 is 0 Å². The normalized spacial score (nSPS) is 15.7. The van der Waals surface area contributed by atoms with Crippen LogP contribution in [0.2, 0.25) is 10.0 Å². The fourth-order valence-electron chi connectivity index (χ4n) is 3.02. The van der Waals surface area contributed by atoms with Crippen LogP contribution in [0.4, 0.5) is 0 Å². The first-order chi connectivity index (χ1) is 10.7. The largest absolute Gasteiger partial charge is 0.362 e. The van der Waals surface area contributed by atoms with Crippen LogP contribution in [0.15, 0.2) is 24.4 Å². The molecule has 1 saturated heterocycles. The molecule has 0 bridgehead atoms. The summed E-state index contributed by atoms with van der Waals surface area (Å²) >= 11 is 12.5. The third-order valence-electron chi connectivity index (χ3n) is 4.13. The van der Waals surface area contributed by atoms with Gasteiger partial charge in [0.1, 0.15) is 6.07 Å². The molecule has 114 valence electrons. The number of nitrogens with one attached hydrogen (secondary N) is 1. The summed E-state index contributed by atoms with van der Waals surface area (Å²) in [4.78, 5) is 5.67. The second kappa shape index (κ2) is 6.75. The summed E-state index contributed by atoms with van der Waals surface area (Å²) in [6.45, 7) is 3.01. The van der Waals surface area contributed by atoms with Gasteiger partial charge in [0.2, 0.25) is 0 Å². The number of halogens is 2. The fourth-order valence-corrected chi connectivity index (χ4v) is 3.42. The summed E-state index contributed by atoms with van der Waals surface area (Å²) < 4.78 is 0. The van der Waals surface area contributed by atoms with Crippen molar-refractivity contribution in [3.63, 3.8) is 0 Å². The molecule has 0 unspecified atom stereocenters. The lowest BCUT2D eigenvalue weighted by Crippen LogP contribution is -2.29. The van der Waals surface area contributed by atoms with Crippen molar-refractivity contribution in [1.29, 1.82) is 5.26 Å². The van der Waals surface area contributed by atoms with Crippen molar-refractivity contribution < 1.29 is 0 Å². The number of likely N-dealkylation sites (tertiary alicyclic amines) is 1. The number of nitriles is 1. The maximum absolute atomic E-state index is 9.40. The summed E-state index contributed by atoms with van der Waals surface area (Å²) in [5.74, 6) is 0. The highest BCUT2D eigenvalue weighted by atomic mass is 35.5. The standard InChI is InChI=1S/C17H17Cl2N3/c18-14-6-4-5-13(17(14)19)16-12(9-20)10-21-15(16)11-22-7-2-1-3-8-22/h4-6,10,21H,1-3,7-8,11H2. The zero-order valence-corrected chi connectivity index (χ0v) is 13.7. The van der Waals surface area contributed by atoms with E-state index in [9.17, 15) is 5.26 Å². The predicted molar refractivity (Wildman–Crippen MR) is 90.1 cm³/mol. The van der Waals surface area contributed by atoms with Crippen molar-refractivity contribution in [3.05, 3.63) is 45.7 Å². The molecule has 1 aromatic heterocycles.